The van der Waals surface area contributed by atoms with E-state index in [1.807, 2.05) is 0 Å². The van der Waals surface area contributed by atoms with E-state index in [2.05, 4.69) is 0 Å². The van der Waals surface area contributed by atoms with Crippen LogP contribution in [0.15, 0.2) is 0 Å². The first-order valence-electron chi connectivity index (χ1n) is 4.84. The summed E-state index contributed by atoms with van der Waals surface area (Å²) >= 11 is 0. The lowest BCUT2D eigenvalue weighted by Gasteiger charge is -2.27. The number of carbonyl (C=O) groups excluding carboxylic acids is 3. The molecule has 1 rings (SSSR count). The van der Waals surface area contributed by atoms with Gasteiger partial charge in [0, 0.05) is 12.8 Å². The molecular weight excluding hydrogens is 198 g/mol. The first-order valence-corrected chi connectivity index (χ1v) is 4.84. The predicted molar refractivity (Wildman–Crippen MR) is 52.2 cm³/mol. The third kappa shape index (κ3) is 3.34. The Labute approximate surface area is 88.4 Å². The minimum absolute atomic E-state index is 0.0953. The number of likely N-dealkylation sites (tertiary alicyclic amines) is 1. The van der Waals surface area contributed by atoms with E-state index < -0.39 is 11.7 Å². The molecule has 0 spiro atoms. The quantitative estimate of drug-likeness (QED) is 0.604. The topological polar surface area (TPSA) is 63.7 Å². The van der Waals surface area contributed by atoms with Crippen LogP contribution in [0.25, 0.3) is 0 Å². The van der Waals surface area contributed by atoms with Crippen LogP contribution < -0.4 is 0 Å². The SMILES string of the molecule is CC(C)(C)OC(=O)N1CC(=O)CCC1=O. The van der Waals surface area contributed by atoms with Crippen LogP contribution in [0.3, 0.4) is 0 Å². The average Bonchev–Trinajstić information content (AvgIpc) is 2.06. The highest BCUT2D eigenvalue weighted by atomic mass is 16.6. The van der Waals surface area contributed by atoms with Crippen LogP contribution in [0.1, 0.15) is 33.6 Å². The standard InChI is InChI=1S/C10H15NO4/c1-10(2,3)15-9(14)11-6-7(12)4-5-8(11)13/h4-6H2,1-3H3. The highest BCUT2D eigenvalue weighted by Gasteiger charge is 2.32. The molecule has 1 aliphatic rings. The molecule has 5 heteroatoms. The molecule has 15 heavy (non-hydrogen) atoms. The molecule has 0 atom stereocenters. The number of hydrogen-bond acceptors (Lipinski definition) is 4. The lowest BCUT2D eigenvalue weighted by molar-refractivity contribution is -0.139. The van der Waals surface area contributed by atoms with E-state index in [-0.39, 0.29) is 31.1 Å². The van der Waals surface area contributed by atoms with E-state index in [4.69, 9.17) is 4.74 Å². The Kier molecular flexibility index (Phi) is 3.12. The molecule has 0 aliphatic carbocycles. The number of Topliss-reactive ketones (excluding diaryl/α,β-unsaturated/α-hetero) is 1. The van der Waals surface area contributed by atoms with Crippen molar-refractivity contribution in [3.05, 3.63) is 0 Å². The number of rotatable bonds is 0. The minimum atomic E-state index is -0.736. The van der Waals surface area contributed by atoms with E-state index in [1.165, 1.54) is 0 Å². The summed E-state index contributed by atoms with van der Waals surface area (Å²) in [5, 5.41) is 0. The highest BCUT2D eigenvalue weighted by Crippen LogP contribution is 2.14. The van der Waals surface area contributed by atoms with Crippen LogP contribution in [-0.2, 0) is 14.3 Å². The second kappa shape index (κ2) is 4.00. The summed E-state index contributed by atoms with van der Waals surface area (Å²) in [6.45, 7) is 4.97. The number of amides is 2. The maximum atomic E-state index is 11.5. The maximum absolute atomic E-state index is 11.5. The predicted octanol–water partition coefficient (Wildman–Crippen LogP) is 1.11. The number of carbonyl (C=O) groups is 3. The largest absolute Gasteiger partial charge is 0.443 e. The Hall–Kier alpha value is -1.39. The molecule has 0 saturated carbocycles. The van der Waals surface area contributed by atoms with Gasteiger partial charge in [-0.3, -0.25) is 9.59 Å². The van der Waals surface area contributed by atoms with Crippen LogP contribution in [0.4, 0.5) is 4.79 Å². The summed E-state index contributed by atoms with van der Waals surface area (Å²) in [4.78, 5) is 34.8. The zero-order chi connectivity index (χ0) is 11.6. The molecule has 84 valence electrons. The highest BCUT2D eigenvalue weighted by molar-refractivity contribution is 6.01. The van der Waals surface area contributed by atoms with E-state index in [0.29, 0.717) is 0 Å². The Morgan fingerprint density at radius 2 is 1.87 bits per heavy atom. The monoisotopic (exact) mass is 213 g/mol. The first-order chi connectivity index (χ1) is 6.79. The van der Waals surface area contributed by atoms with Gasteiger partial charge in [0.1, 0.15) is 5.60 Å². The van der Waals surface area contributed by atoms with Gasteiger partial charge in [0.2, 0.25) is 5.91 Å². The number of piperidine rings is 1. The third-order valence-corrected chi connectivity index (χ3v) is 1.87. The van der Waals surface area contributed by atoms with Gasteiger partial charge in [0.15, 0.2) is 5.78 Å². The van der Waals surface area contributed by atoms with E-state index in [9.17, 15) is 14.4 Å². The van der Waals surface area contributed by atoms with Crippen molar-refractivity contribution in [2.75, 3.05) is 6.54 Å². The summed E-state index contributed by atoms with van der Waals surface area (Å²) < 4.78 is 5.01. The van der Waals surface area contributed by atoms with E-state index >= 15 is 0 Å². The van der Waals surface area contributed by atoms with Crippen molar-refractivity contribution in [1.82, 2.24) is 4.90 Å². The van der Waals surface area contributed by atoms with Gasteiger partial charge < -0.3 is 4.74 Å². The second-order valence-corrected chi connectivity index (χ2v) is 4.50. The van der Waals surface area contributed by atoms with Crippen molar-refractivity contribution in [3.63, 3.8) is 0 Å². The minimum Gasteiger partial charge on any atom is -0.443 e. The molecule has 1 fully saturated rings. The van der Waals surface area contributed by atoms with Gasteiger partial charge in [0.05, 0.1) is 6.54 Å². The van der Waals surface area contributed by atoms with Gasteiger partial charge in [-0.2, -0.15) is 0 Å². The Balaban J connectivity index is 2.65. The molecule has 1 aliphatic heterocycles. The van der Waals surface area contributed by atoms with Crippen molar-refractivity contribution in [1.29, 1.82) is 0 Å². The maximum Gasteiger partial charge on any atom is 0.417 e. The molecular formula is C10H15NO4. The number of hydrogen-bond donors (Lipinski definition) is 0. The number of ketones is 1. The molecule has 0 radical (unpaired) electrons. The van der Waals surface area contributed by atoms with E-state index in [1.54, 1.807) is 20.8 Å². The van der Waals surface area contributed by atoms with Crippen molar-refractivity contribution < 1.29 is 19.1 Å². The van der Waals surface area contributed by atoms with Crippen molar-refractivity contribution in [2.45, 2.75) is 39.2 Å². The zero-order valence-corrected chi connectivity index (χ0v) is 9.20. The van der Waals surface area contributed by atoms with Gasteiger partial charge in [-0.15, -0.1) is 0 Å². The lowest BCUT2D eigenvalue weighted by atomic mass is 10.1. The Bertz CT molecular complexity index is 303. The lowest BCUT2D eigenvalue weighted by Crippen LogP contribution is -2.46. The Morgan fingerprint density at radius 3 is 2.40 bits per heavy atom. The molecule has 0 unspecified atom stereocenters. The van der Waals surface area contributed by atoms with Crippen LogP contribution in [0.2, 0.25) is 0 Å². The van der Waals surface area contributed by atoms with Gasteiger partial charge in [-0.25, -0.2) is 9.69 Å². The van der Waals surface area contributed by atoms with Gasteiger partial charge in [-0.05, 0) is 20.8 Å². The molecule has 0 aromatic carbocycles. The van der Waals surface area contributed by atoms with Crippen molar-refractivity contribution >= 4 is 17.8 Å². The van der Waals surface area contributed by atoms with Crippen LogP contribution in [0.5, 0.6) is 0 Å². The Morgan fingerprint density at radius 1 is 1.27 bits per heavy atom. The van der Waals surface area contributed by atoms with Gasteiger partial charge >= 0.3 is 6.09 Å². The molecule has 1 saturated heterocycles. The molecule has 2 amide bonds. The fourth-order valence-electron chi connectivity index (χ4n) is 1.21. The number of nitrogens with zero attached hydrogens (tertiary/aromatic N) is 1. The molecule has 0 aromatic rings. The summed E-state index contributed by atoms with van der Waals surface area (Å²) in [5.41, 5.74) is -0.655. The second-order valence-electron chi connectivity index (χ2n) is 4.50. The molecule has 0 aromatic heterocycles. The van der Waals surface area contributed by atoms with Crippen molar-refractivity contribution in [3.8, 4) is 0 Å². The third-order valence-electron chi connectivity index (χ3n) is 1.87. The van der Waals surface area contributed by atoms with Crippen LogP contribution in [-0.4, -0.2) is 34.8 Å². The van der Waals surface area contributed by atoms with E-state index in [0.717, 1.165) is 4.90 Å². The van der Waals surface area contributed by atoms with Gasteiger partial charge in [-0.1, -0.05) is 0 Å². The average molecular weight is 213 g/mol. The van der Waals surface area contributed by atoms with Crippen molar-refractivity contribution in [2.24, 2.45) is 0 Å². The number of ether oxygens (including phenoxy) is 1. The smallest absolute Gasteiger partial charge is 0.417 e. The molecule has 0 N–H and O–H groups in total. The summed E-state index contributed by atoms with van der Waals surface area (Å²) in [6, 6.07) is 0. The molecule has 0 bridgehead atoms. The fraction of sp³-hybridized carbons (Fsp3) is 0.700. The normalized spacial score (nSPS) is 17.9. The summed E-state index contributed by atoms with van der Waals surface area (Å²) in [6.07, 6.45) is -0.420. The van der Waals surface area contributed by atoms with Crippen LogP contribution in [0, 0.1) is 0 Å². The van der Waals surface area contributed by atoms with Gasteiger partial charge in [0.25, 0.3) is 0 Å². The molecule has 1 heterocycles. The summed E-state index contributed by atoms with van der Waals surface area (Å²) in [5.74, 6) is -0.454. The zero-order valence-electron chi connectivity index (χ0n) is 9.20. The summed E-state index contributed by atoms with van der Waals surface area (Å²) in [7, 11) is 0. The fourth-order valence-corrected chi connectivity index (χ4v) is 1.21. The first kappa shape index (κ1) is 11.7. The molecule has 5 nitrogen and oxygen atoms in total. The van der Waals surface area contributed by atoms with Crippen LogP contribution >= 0.6 is 0 Å². The number of imide groups is 1.